The Morgan fingerprint density at radius 2 is 1.92 bits per heavy atom. The summed E-state index contributed by atoms with van der Waals surface area (Å²) in [6.45, 7) is 7.52. The molecule has 24 heavy (non-hydrogen) atoms. The van der Waals surface area contributed by atoms with Crippen LogP contribution in [0.5, 0.6) is 0 Å². The maximum atomic E-state index is 11.8. The van der Waals surface area contributed by atoms with Crippen molar-refractivity contribution in [1.82, 2.24) is 0 Å². The minimum Gasteiger partial charge on any atom is -0.462 e. The molecule has 0 radical (unpaired) electrons. The summed E-state index contributed by atoms with van der Waals surface area (Å²) in [5, 5.41) is 0. The maximum Gasteiger partial charge on any atom is 0.306 e. The third-order valence-corrected chi connectivity index (χ3v) is 8.92. The SMILES string of the molecule is CC1(C)CCC2=C1CC[C@@H]1[C@@H]2CC[C@@H]2C[C@@H]3OC(=O)C[C@H]3C[C@]21C. The van der Waals surface area contributed by atoms with E-state index in [1.807, 2.05) is 11.1 Å². The lowest BCUT2D eigenvalue weighted by Crippen LogP contribution is -2.51. The van der Waals surface area contributed by atoms with Crippen molar-refractivity contribution in [2.45, 2.75) is 84.7 Å². The molecule has 5 rings (SSSR count). The normalized spacial score (nSPS) is 49.1. The second-order valence-electron chi connectivity index (χ2n) is 10.4. The molecule has 0 aromatic carbocycles. The highest BCUT2D eigenvalue weighted by Gasteiger charge is 2.57. The summed E-state index contributed by atoms with van der Waals surface area (Å²) in [5.41, 5.74) is 4.61. The lowest BCUT2D eigenvalue weighted by Gasteiger charge is -2.57. The van der Waals surface area contributed by atoms with E-state index in [1.54, 1.807) is 0 Å². The van der Waals surface area contributed by atoms with Gasteiger partial charge in [0.2, 0.25) is 0 Å². The topological polar surface area (TPSA) is 26.3 Å². The van der Waals surface area contributed by atoms with Crippen LogP contribution in [0.4, 0.5) is 0 Å². The number of hydrogen-bond donors (Lipinski definition) is 0. The molecular weight excluding hydrogens is 296 g/mol. The molecule has 0 aromatic heterocycles. The van der Waals surface area contributed by atoms with E-state index in [0.29, 0.717) is 23.2 Å². The van der Waals surface area contributed by atoms with E-state index in [9.17, 15) is 4.79 Å². The molecule has 0 N–H and O–H groups in total. The summed E-state index contributed by atoms with van der Waals surface area (Å²) in [6, 6.07) is 0. The fraction of sp³-hybridized carbons (Fsp3) is 0.864. The van der Waals surface area contributed by atoms with E-state index in [1.165, 1.54) is 44.9 Å². The van der Waals surface area contributed by atoms with Crippen LogP contribution in [0.1, 0.15) is 78.6 Å². The molecule has 1 aliphatic heterocycles. The smallest absolute Gasteiger partial charge is 0.306 e. The summed E-state index contributed by atoms with van der Waals surface area (Å²) in [6.07, 6.45) is 11.5. The molecule has 3 fully saturated rings. The summed E-state index contributed by atoms with van der Waals surface area (Å²) < 4.78 is 5.64. The highest BCUT2D eigenvalue weighted by Crippen LogP contribution is 2.65. The average molecular weight is 328 g/mol. The van der Waals surface area contributed by atoms with E-state index in [4.69, 9.17) is 4.74 Å². The molecule has 0 bridgehead atoms. The molecule has 132 valence electrons. The number of hydrogen-bond acceptors (Lipinski definition) is 2. The zero-order valence-electron chi connectivity index (χ0n) is 15.6. The largest absolute Gasteiger partial charge is 0.462 e. The zero-order valence-corrected chi connectivity index (χ0v) is 15.6. The summed E-state index contributed by atoms with van der Waals surface area (Å²) in [5.74, 6) is 3.07. The molecule has 2 saturated carbocycles. The number of rotatable bonds is 0. The predicted molar refractivity (Wildman–Crippen MR) is 94.3 cm³/mol. The van der Waals surface area contributed by atoms with Gasteiger partial charge in [-0.1, -0.05) is 31.9 Å². The standard InChI is InChI=1S/C22H32O2/c1-21(2)9-8-16-15-5-4-14-11-19-13(10-20(23)24-19)12-22(14,3)18(15)7-6-17(16)21/h13-15,18-19H,4-12H2,1-3H3/t13-,14+,15+,18+,19-,22+/m0/s1. The van der Waals surface area contributed by atoms with E-state index >= 15 is 0 Å². The highest BCUT2D eigenvalue weighted by molar-refractivity contribution is 5.72. The Morgan fingerprint density at radius 1 is 1.08 bits per heavy atom. The Morgan fingerprint density at radius 3 is 2.75 bits per heavy atom. The fourth-order valence-electron chi connectivity index (χ4n) is 7.67. The molecule has 6 atom stereocenters. The first-order valence-corrected chi connectivity index (χ1v) is 10.3. The Balaban J connectivity index is 1.47. The average Bonchev–Trinajstić information content (AvgIpc) is 3.03. The fourth-order valence-corrected chi connectivity index (χ4v) is 7.67. The van der Waals surface area contributed by atoms with Crippen LogP contribution in [0.15, 0.2) is 11.1 Å². The van der Waals surface area contributed by atoms with Crippen molar-refractivity contribution in [3.8, 4) is 0 Å². The molecule has 1 saturated heterocycles. The van der Waals surface area contributed by atoms with Crippen molar-refractivity contribution in [2.24, 2.45) is 34.5 Å². The van der Waals surface area contributed by atoms with Crippen LogP contribution < -0.4 is 0 Å². The van der Waals surface area contributed by atoms with Crippen LogP contribution in [-0.4, -0.2) is 12.1 Å². The molecule has 1 heterocycles. The van der Waals surface area contributed by atoms with Crippen LogP contribution in [0.25, 0.3) is 0 Å². The predicted octanol–water partition coefficient (Wildman–Crippen LogP) is 5.27. The third kappa shape index (κ3) is 1.98. The number of carbonyl (C=O) groups is 1. The quantitative estimate of drug-likeness (QED) is 0.447. The minimum atomic E-state index is 0.0648. The van der Waals surface area contributed by atoms with Gasteiger partial charge in [0, 0.05) is 5.92 Å². The van der Waals surface area contributed by atoms with Crippen LogP contribution in [0.2, 0.25) is 0 Å². The van der Waals surface area contributed by atoms with Crippen LogP contribution in [0, 0.1) is 34.5 Å². The van der Waals surface area contributed by atoms with Crippen molar-refractivity contribution in [1.29, 1.82) is 0 Å². The van der Waals surface area contributed by atoms with Gasteiger partial charge in [0.15, 0.2) is 0 Å². The number of esters is 1. The monoisotopic (exact) mass is 328 g/mol. The zero-order chi connectivity index (χ0) is 16.7. The first kappa shape index (κ1) is 15.5. The van der Waals surface area contributed by atoms with Crippen LogP contribution >= 0.6 is 0 Å². The van der Waals surface area contributed by atoms with Crippen LogP contribution in [-0.2, 0) is 9.53 Å². The molecule has 0 aromatic rings. The molecule has 4 aliphatic carbocycles. The Labute approximate surface area is 146 Å². The summed E-state index contributed by atoms with van der Waals surface area (Å²) in [4.78, 5) is 11.8. The Hall–Kier alpha value is -0.790. The Kier molecular flexibility index (Phi) is 3.15. The van der Waals surface area contributed by atoms with Crippen molar-refractivity contribution >= 4 is 5.97 Å². The van der Waals surface area contributed by atoms with Crippen molar-refractivity contribution in [2.75, 3.05) is 0 Å². The Bertz CT molecular complexity index is 615. The van der Waals surface area contributed by atoms with E-state index < -0.39 is 0 Å². The highest BCUT2D eigenvalue weighted by atomic mass is 16.5. The van der Waals surface area contributed by atoms with E-state index in [0.717, 1.165) is 24.2 Å². The van der Waals surface area contributed by atoms with Gasteiger partial charge in [-0.15, -0.1) is 0 Å². The second kappa shape index (κ2) is 4.89. The lowest BCUT2D eigenvalue weighted by atomic mass is 9.47. The molecule has 0 amide bonds. The van der Waals surface area contributed by atoms with Gasteiger partial charge in [0.25, 0.3) is 0 Å². The number of ether oxygens (including phenoxy) is 1. The van der Waals surface area contributed by atoms with E-state index in [2.05, 4.69) is 20.8 Å². The number of allylic oxidation sites excluding steroid dienone is 2. The minimum absolute atomic E-state index is 0.0648. The van der Waals surface area contributed by atoms with Crippen molar-refractivity contribution in [3.63, 3.8) is 0 Å². The first-order chi connectivity index (χ1) is 11.4. The molecule has 0 unspecified atom stereocenters. The van der Waals surface area contributed by atoms with Gasteiger partial charge in [-0.05, 0) is 80.0 Å². The van der Waals surface area contributed by atoms with Crippen molar-refractivity contribution < 1.29 is 9.53 Å². The summed E-state index contributed by atoms with van der Waals surface area (Å²) in [7, 11) is 0. The van der Waals surface area contributed by atoms with Gasteiger partial charge in [0.05, 0.1) is 6.42 Å². The molecular formula is C22H32O2. The van der Waals surface area contributed by atoms with Gasteiger partial charge in [0.1, 0.15) is 6.10 Å². The first-order valence-electron chi connectivity index (χ1n) is 10.3. The van der Waals surface area contributed by atoms with Crippen molar-refractivity contribution in [3.05, 3.63) is 11.1 Å². The number of fused-ring (bicyclic) bond motifs is 5. The number of carbonyl (C=O) groups excluding carboxylic acids is 1. The lowest BCUT2D eigenvalue weighted by molar-refractivity contribution is -0.145. The second-order valence-corrected chi connectivity index (χ2v) is 10.4. The molecule has 5 aliphatic rings. The molecule has 0 spiro atoms. The molecule has 2 heteroatoms. The van der Waals surface area contributed by atoms with Gasteiger partial charge in [-0.3, -0.25) is 4.79 Å². The van der Waals surface area contributed by atoms with E-state index in [-0.39, 0.29) is 12.1 Å². The van der Waals surface area contributed by atoms with Gasteiger partial charge in [-0.2, -0.15) is 0 Å². The van der Waals surface area contributed by atoms with Gasteiger partial charge in [-0.25, -0.2) is 0 Å². The van der Waals surface area contributed by atoms with Crippen LogP contribution in [0.3, 0.4) is 0 Å². The van der Waals surface area contributed by atoms with Gasteiger partial charge >= 0.3 is 5.97 Å². The summed E-state index contributed by atoms with van der Waals surface area (Å²) >= 11 is 0. The molecule has 2 nitrogen and oxygen atoms in total. The third-order valence-electron chi connectivity index (χ3n) is 8.92. The van der Waals surface area contributed by atoms with Gasteiger partial charge < -0.3 is 4.74 Å². The maximum absolute atomic E-state index is 11.8.